The van der Waals surface area contributed by atoms with E-state index in [1.165, 1.54) is 0 Å². The minimum Gasteiger partial charge on any atom is -0.381 e. The molecule has 0 amide bonds. The van der Waals surface area contributed by atoms with Gasteiger partial charge in [-0.15, -0.1) is 0 Å². The van der Waals surface area contributed by atoms with Gasteiger partial charge >= 0.3 is 0 Å². The van der Waals surface area contributed by atoms with E-state index < -0.39 is 0 Å². The van der Waals surface area contributed by atoms with Crippen LogP contribution < -0.4 is 5.73 Å². The molecule has 0 aliphatic carbocycles. The third kappa shape index (κ3) is 3.57. The van der Waals surface area contributed by atoms with E-state index in [4.69, 9.17) is 10.3 Å². The van der Waals surface area contributed by atoms with Crippen LogP contribution in [0.2, 0.25) is 0 Å². The molecule has 2 heterocycles. The first-order chi connectivity index (χ1) is 8.24. The number of likely N-dealkylation sites (N-methyl/N-ethyl adjacent to an activating group) is 1. The Morgan fingerprint density at radius 1 is 1.41 bits per heavy atom. The fourth-order valence-corrected chi connectivity index (χ4v) is 1.60. The van der Waals surface area contributed by atoms with Gasteiger partial charge in [-0.3, -0.25) is 9.88 Å². The average molecular weight is 232 g/mol. The maximum atomic E-state index is 5.49. The minimum atomic E-state index is 0.429. The van der Waals surface area contributed by atoms with E-state index in [0.717, 1.165) is 24.4 Å². The highest BCUT2D eigenvalue weighted by atomic mass is 16.5. The van der Waals surface area contributed by atoms with Crippen molar-refractivity contribution in [1.29, 1.82) is 0 Å². The highest BCUT2D eigenvalue weighted by Gasteiger charge is 2.05. The number of anilines is 1. The number of aromatic nitrogens is 2. The van der Waals surface area contributed by atoms with Gasteiger partial charge in [0.05, 0.1) is 6.54 Å². The number of pyridine rings is 1. The van der Waals surface area contributed by atoms with Crippen LogP contribution in [0.25, 0.3) is 0 Å². The lowest BCUT2D eigenvalue weighted by molar-refractivity contribution is 0.275. The molecule has 0 unspecified atom stereocenters. The van der Waals surface area contributed by atoms with Crippen LogP contribution in [0, 0.1) is 0 Å². The van der Waals surface area contributed by atoms with Crippen LogP contribution >= 0.6 is 0 Å². The van der Waals surface area contributed by atoms with E-state index in [2.05, 4.69) is 15.0 Å². The van der Waals surface area contributed by atoms with Crippen LogP contribution in [0.5, 0.6) is 0 Å². The van der Waals surface area contributed by atoms with Crippen LogP contribution in [0.15, 0.2) is 35.0 Å². The van der Waals surface area contributed by atoms with E-state index in [1.807, 2.05) is 31.4 Å². The summed E-state index contributed by atoms with van der Waals surface area (Å²) in [6, 6.07) is 7.70. The summed E-state index contributed by atoms with van der Waals surface area (Å²) in [6.45, 7) is 1.62. The fourth-order valence-electron chi connectivity index (χ4n) is 1.60. The smallest absolute Gasteiger partial charge is 0.167 e. The average Bonchev–Trinajstić information content (AvgIpc) is 2.73. The van der Waals surface area contributed by atoms with Gasteiger partial charge in [0.15, 0.2) is 11.6 Å². The molecule has 0 spiro atoms. The first kappa shape index (κ1) is 11.6. The lowest BCUT2D eigenvalue weighted by Crippen LogP contribution is -2.20. The molecule has 5 heteroatoms. The molecule has 2 rings (SSSR count). The molecule has 0 radical (unpaired) electrons. The largest absolute Gasteiger partial charge is 0.381 e. The summed E-state index contributed by atoms with van der Waals surface area (Å²) in [7, 11) is 2.03. The second-order valence-electron chi connectivity index (χ2n) is 4.03. The summed E-state index contributed by atoms with van der Waals surface area (Å²) >= 11 is 0. The molecule has 2 aromatic heterocycles. The summed E-state index contributed by atoms with van der Waals surface area (Å²) in [5, 5.41) is 3.65. The van der Waals surface area contributed by atoms with Crippen molar-refractivity contribution in [3.8, 4) is 0 Å². The number of hydrogen-bond donors (Lipinski definition) is 1. The number of hydrogen-bond acceptors (Lipinski definition) is 5. The van der Waals surface area contributed by atoms with Crippen LogP contribution in [-0.2, 0) is 13.0 Å². The Balaban J connectivity index is 1.80. The maximum absolute atomic E-state index is 5.49. The topological polar surface area (TPSA) is 68.2 Å². The Morgan fingerprint density at radius 3 is 2.94 bits per heavy atom. The fraction of sp³-hybridized carbons (Fsp3) is 0.333. The Hall–Kier alpha value is -1.88. The van der Waals surface area contributed by atoms with Crippen LogP contribution in [-0.4, -0.2) is 28.6 Å². The van der Waals surface area contributed by atoms with E-state index in [-0.39, 0.29) is 0 Å². The summed E-state index contributed by atoms with van der Waals surface area (Å²) in [6.07, 6.45) is 2.73. The molecular formula is C12H16N4O. The molecule has 0 fully saturated rings. The Bertz CT molecular complexity index is 455. The van der Waals surface area contributed by atoms with E-state index >= 15 is 0 Å². The van der Waals surface area contributed by atoms with Crippen molar-refractivity contribution in [2.75, 3.05) is 19.3 Å². The summed E-state index contributed by atoms with van der Waals surface area (Å²) in [4.78, 5) is 6.43. The monoisotopic (exact) mass is 232 g/mol. The van der Waals surface area contributed by atoms with Gasteiger partial charge in [-0.1, -0.05) is 11.2 Å². The van der Waals surface area contributed by atoms with Crippen molar-refractivity contribution < 1.29 is 4.52 Å². The lowest BCUT2D eigenvalue weighted by atomic mass is 10.2. The zero-order chi connectivity index (χ0) is 12.1. The quantitative estimate of drug-likeness (QED) is 0.842. The van der Waals surface area contributed by atoms with Crippen molar-refractivity contribution in [3.05, 3.63) is 41.9 Å². The SMILES string of the molecule is CN(CCc1ccccn1)Cc1cc(N)no1. The third-order valence-electron chi connectivity index (χ3n) is 2.48. The molecule has 17 heavy (non-hydrogen) atoms. The predicted molar refractivity (Wildman–Crippen MR) is 65.2 cm³/mol. The van der Waals surface area contributed by atoms with Crippen LogP contribution in [0.1, 0.15) is 11.5 Å². The van der Waals surface area contributed by atoms with Crippen molar-refractivity contribution in [2.45, 2.75) is 13.0 Å². The number of nitrogens with zero attached hydrogens (tertiary/aromatic N) is 3. The summed E-state index contributed by atoms with van der Waals surface area (Å²) < 4.78 is 5.05. The Kier molecular flexibility index (Phi) is 3.72. The first-order valence-corrected chi connectivity index (χ1v) is 5.53. The van der Waals surface area contributed by atoms with Crippen LogP contribution in [0.4, 0.5) is 5.82 Å². The zero-order valence-electron chi connectivity index (χ0n) is 9.84. The van der Waals surface area contributed by atoms with E-state index in [9.17, 15) is 0 Å². The van der Waals surface area contributed by atoms with Gasteiger partial charge in [0, 0.05) is 30.9 Å². The zero-order valence-corrected chi connectivity index (χ0v) is 9.84. The minimum absolute atomic E-state index is 0.429. The summed E-state index contributed by atoms with van der Waals surface area (Å²) in [5.74, 6) is 1.21. The number of nitrogen functional groups attached to an aromatic ring is 1. The normalized spacial score (nSPS) is 10.9. The van der Waals surface area contributed by atoms with E-state index in [1.54, 1.807) is 6.07 Å². The lowest BCUT2D eigenvalue weighted by Gasteiger charge is -2.13. The van der Waals surface area contributed by atoms with Gasteiger partial charge in [-0.25, -0.2) is 0 Å². The molecule has 90 valence electrons. The summed E-state index contributed by atoms with van der Waals surface area (Å²) in [5.41, 5.74) is 6.58. The maximum Gasteiger partial charge on any atom is 0.167 e. The van der Waals surface area contributed by atoms with Gasteiger partial charge in [-0.05, 0) is 19.2 Å². The molecule has 5 nitrogen and oxygen atoms in total. The van der Waals surface area contributed by atoms with Gasteiger partial charge in [0.25, 0.3) is 0 Å². The van der Waals surface area contributed by atoms with Gasteiger partial charge in [-0.2, -0.15) is 0 Å². The molecule has 0 aliphatic heterocycles. The standard InChI is InChI=1S/C12H16N4O/c1-16(9-11-8-12(13)15-17-11)7-5-10-4-2-3-6-14-10/h2-4,6,8H,5,7,9H2,1H3,(H2,13,15). The second kappa shape index (κ2) is 5.45. The molecule has 2 N–H and O–H groups in total. The van der Waals surface area contributed by atoms with Gasteiger partial charge < -0.3 is 10.3 Å². The second-order valence-corrected chi connectivity index (χ2v) is 4.03. The molecule has 2 aromatic rings. The molecule has 0 aliphatic rings. The van der Waals surface area contributed by atoms with Gasteiger partial charge in [0.2, 0.25) is 0 Å². The molecule has 0 saturated carbocycles. The van der Waals surface area contributed by atoms with Crippen molar-refractivity contribution >= 4 is 5.82 Å². The van der Waals surface area contributed by atoms with Gasteiger partial charge in [0.1, 0.15) is 0 Å². The molecular weight excluding hydrogens is 216 g/mol. The number of rotatable bonds is 5. The van der Waals surface area contributed by atoms with Crippen molar-refractivity contribution in [3.63, 3.8) is 0 Å². The highest BCUT2D eigenvalue weighted by Crippen LogP contribution is 2.07. The first-order valence-electron chi connectivity index (χ1n) is 5.53. The Morgan fingerprint density at radius 2 is 2.29 bits per heavy atom. The molecule has 0 saturated heterocycles. The van der Waals surface area contributed by atoms with E-state index in [0.29, 0.717) is 12.4 Å². The molecule has 0 bridgehead atoms. The van der Waals surface area contributed by atoms with Crippen molar-refractivity contribution in [1.82, 2.24) is 15.0 Å². The van der Waals surface area contributed by atoms with Crippen LogP contribution in [0.3, 0.4) is 0 Å². The molecule has 0 aromatic carbocycles. The van der Waals surface area contributed by atoms with Crippen molar-refractivity contribution in [2.24, 2.45) is 0 Å². The third-order valence-corrected chi connectivity index (χ3v) is 2.48. The number of nitrogens with two attached hydrogens (primary N) is 1. The molecule has 0 atom stereocenters. The predicted octanol–water partition coefficient (Wildman–Crippen LogP) is 1.33. The Labute approximate surface area is 100 Å². The highest BCUT2D eigenvalue weighted by molar-refractivity contribution is 5.26.